The van der Waals surface area contributed by atoms with Crippen LogP contribution in [0, 0.1) is 0 Å². The first kappa shape index (κ1) is 12.8. The highest BCUT2D eigenvalue weighted by Gasteiger charge is 2.23. The Bertz CT molecular complexity index is 948. The van der Waals surface area contributed by atoms with Crippen LogP contribution in [0.5, 0.6) is 0 Å². The molecule has 0 saturated heterocycles. The van der Waals surface area contributed by atoms with Gasteiger partial charge in [-0.2, -0.15) is 5.10 Å². The molecule has 0 aliphatic carbocycles. The number of hydrogen-bond donors (Lipinski definition) is 1. The molecule has 1 atom stereocenters. The van der Waals surface area contributed by atoms with E-state index < -0.39 is 11.0 Å². The summed E-state index contributed by atoms with van der Waals surface area (Å²) in [5, 5.41) is 5.41. The number of aromatic nitrogens is 4. The minimum absolute atomic E-state index is 0.326. The summed E-state index contributed by atoms with van der Waals surface area (Å²) in [6, 6.07) is 5.67. The van der Waals surface area contributed by atoms with Crippen molar-refractivity contribution in [1.29, 1.82) is 0 Å². The SMILES string of the molecule is O=C1C=C(n2ncc3cc(-c4cnccn4)ccc32)S(=O)N1. The lowest BCUT2D eigenvalue weighted by molar-refractivity contribution is -0.114. The third-order valence-electron chi connectivity index (χ3n) is 3.27. The van der Waals surface area contributed by atoms with Gasteiger partial charge in [0, 0.05) is 29.4 Å². The normalized spacial score (nSPS) is 17.5. The van der Waals surface area contributed by atoms with E-state index in [0.717, 1.165) is 22.2 Å². The van der Waals surface area contributed by atoms with E-state index in [1.54, 1.807) is 24.8 Å². The Morgan fingerprint density at radius 2 is 2.09 bits per heavy atom. The van der Waals surface area contributed by atoms with E-state index >= 15 is 0 Å². The largest absolute Gasteiger partial charge is 0.269 e. The average Bonchev–Trinajstić information content (AvgIpc) is 3.10. The number of rotatable bonds is 2. The van der Waals surface area contributed by atoms with Crippen LogP contribution in [0.3, 0.4) is 0 Å². The molecule has 1 amide bonds. The van der Waals surface area contributed by atoms with Crippen LogP contribution in [0.4, 0.5) is 0 Å². The summed E-state index contributed by atoms with van der Waals surface area (Å²) in [4.78, 5) is 19.6. The predicted molar refractivity (Wildman–Crippen MR) is 81.3 cm³/mol. The summed E-state index contributed by atoms with van der Waals surface area (Å²) < 4.78 is 15.7. The molecule has 1 aromatic carbocycles. The van der Waals surface area contributed by atoms with Crippen LogP contribution in [-0.4, -0.2) is 29.9 Å². The number of benzene rings is 1. The van der Waals surface area contributed by atoms with Gasteiger partial charge >= 0.3 is 0 Å². The van der Waals surface area contributed by atoms with E-state index in [9.17, 15) is 9.00 Å². The van der Waals surface area contributed by atoms with E-state index in [-0.39, 0.29) is 5.91 Å². The summed E-state index contributed by atoms with van der Waals surface area (Å²) >= 11 is 0. The minimum atomic E-state index is -1.58. The average molecular weight is 311 g/mol. The summed E-state index contributed by atoms with van der Waals surface area (Å²) in [6.07, 6.45) is 7.89. The van der Waals surface area contributed by atoms with Gasteiger partial charge in [0.05, 0.1) is 23.6 Å². The molecule has 0 saturated carbocycles. The number of amides is 1. The second-order valence-corrected chi connectivity index (χ2v) is 5.80. The van der Waals surface area contributed by atoms with Crippen LogP contribution in [0.2, 0.25) is 0 Å². The van der Waals surface area contributed by atoms with Gasteiger partial charge in [0.25, 0.3) is 5.91 Å². The molecule has 8 heteroatoms. The Morgan fingerprint density at radius 3 is 2.82 bits per heavy atom. The fraction of sp³-hybridized carbons (Fsp3) is 0. The zero-order valence-electron chi connectivity index (χ0n) is 11.1. The molecule has 0 spiro atoms. The van der Waals surface area contributed by atoms with Crippen molar-refractivity contribution in [2.24, 2.45) is 0 Å². The fourth-order valence-corrected chi connectivity index (χ4v) is 3.16. The standard InChI is InChI=1S/C14H9N5O2S/c20-13-6-14(22(21)18-13)19-12-2-1-9(5-10(12)7-17-19)11-8-15-3-4-16-11/h1-8H,(H,18,20). The van der Waals surface area contributed by atoms with Gasteiger partial charge in [-0.1, -0.05) is 6.07 Å². The molecular formula is C14H9N5O2S. The van der Waals surface area contributed by atoms with Crippen molar-refractivity contribution in [3.8, 4) is 11.3 Å². The van der Waals surface area contributed by atoms with E-state index in [1.807, 2.05) is 18.2 Å². The van der Waals surface area contributed by atoms with Crippen molar-refractivity contribution in [2.45, 2.75) is 0 Å². The van der Waals surface area contributed by atoms with Crippen molar-refractivity contribution in [1.82, 2.24) is 24.5 Å². The molecule has 0 bridgehead atoms. The first-order valence-electron chi connectivity index (χ1n) is 6.41. The number of hydrogen-bond acceptors (Lipinski definition) is 5. The topological polar surface area (TPSA) is 89.8 Å². The first-order chi connectivity index (χ1) is 10.7. The summed E-state index contributed by atoms with van der Waals surface area (Å²) in [5.74, 6) is -0.381. The molecule has 0 fully saturated rings. The van der Waals surface area contributed by atoms with Gasteiger partial charge in [0.15, 0.2) is 16.0 Å². The maximum absolute atomic E-state index is 11.8. The Balaban J connectivity index is 1.83. The van der Waals surface area contributed by atoms with Crippen LogP contribution in [-0.2, 0) is 15.8 Å². The Morgan fingerprint density at radius 1 is 1.18 bits per heavy atom. The molecule has 1 unspecified atom stereocenters. The second-order valence-electron chi connectivity index (χ2n) is 4.64. The Hall–Kier alpha value is -2.87. The van der Waals surface area contributed by atoms with Crippen molar-refractivity contribution in [3.63, 3.8) is 0 Å². The van der Waals surface area contributed by atoms with Gasteiger partial charge in [-0.15, -0.1) is 0 Å². The van der Waals surface area contributed by atoms with Gasteiger partial charge < -0.3 is 0 Å². The Labute approximate surface area is 127 Å². The zero-order chi connectivity index (χ0) is 15.1. The van der Waals surface area contributed by atoms with Gasteiger partial charge in [-0.05, 0) is 12.1 Å². The van der Waals surface area contributed by atoms with E-state index in [2.05, 4.69) is 19.8 Å². The number of nitrogens with one attached hydrogen (secondary N) is 1. The lowest BCUT2D eigenvalue weighted by Crippen LogP contribution is -2.17. The predicted octanol–water partition coefficient (Wildman–Crippen LogP) is 1.09. The molecule has 1 aliphatic rings. The van der Waals surface area contributed by atoms with Crippen LogP contribution in [0.25, 0.3) is 27.2 Å². The van der Waals surface area contributed by atoms with Gasteiger partial charge in [-0.25, -0.2) is 8.89 Å². The smallest absolute Gasteiger partial charge is 0.258 e. The number of carbonyl (C=O) groups is 1. The van der Waals surface area contributed by atoms with Gasteiger partial charge in [0.2, 0.25) is 0 Å². The highest BCUT2D eigenvalue weighted by atomic mass is 32.2. The summed E-state index contributed by atoms with van der Waals surface area (Å²) in [5.41, 5.74) is 2.44. The lowest BCUT2D eigenvalue weighted by Gasteiger charge is -2.04. The number of carbonyl (C=O) groups excluding carboxylic acids is 1. The molecule has 108 valence electrons. The molecule has 3 aromatic rings. The molecule has 2 aromatic heterocycles. The minimum Gasteiger partial charge on any atom is -0.269 e. The fourth-order valence-electron chi connectivity index (χ4n) is 2.29. The molecule has 3 heterocycles. The number of fused-ring (bicyclic) bond motifs is 1. The van der Waals surface area contributed by atoms with Crippen molar-refractivity contribution < 1.29 is 9.00 Å². The van der Waals surface area contributed by atoms with Crippen LogP contribution < -0.4 is 4.72 Å². The first-order valence-corrected chi connectivity index (χ1v) is 7.56. The van der Waals surface area contributed by atoms with Crippen molar-refractivity contribution >= 4 is 32.8 Å². The monoisotopic (exact) mass is 311 g/mol. The van der Waals surface area contributed by atoms with Crippen molar-refractivity contribution in [3.05, 3.63) is 49.1 Å². The van der Waals surface area contributed by atoms with E-state index in [0.29, 0.717) is 5.03 Å². The molecule has 1 N–H and O–H groups in total. The molecule has 7 nitrogen and oxygen atoms in total. The Kier molecular flexibility index (Phi) is 2.83. The summed E-state index contributed by atoms with van der Waals surface area (Å²) in [7, 11) is -1.58. The van der Waals surface area contributed by atoms with Gasteiger partial charge in [0.1, 0.15) is 0 Å². The maximum Gasteiger partial charge on any atom is 0.258 e. The molecule has 22 heavy (non-hydrogen) atoms. The van der Waals surface area contributed by atoms with E-state index in [4.69, 9.17) is 0 Å². The third kappa shape index (κ3) is 2.01. The van der Waals surface area contributed by atoms with E-state index in [1.165, 1.54) is 10.8 Å². The lowest BCUT2D eigenvalue weighted by atomic mass is 10.1. The number of nitrogens with zero attached hydrogens (tertiary/aromatic N) is 4. The second kappa shape index (κ2) is 4.85. The summed E-state index contributed by atoms with van der Waals surface area (Å²) in [6.45, 7) is 0. The third-order valence-corrected chi connectivity index (χ3v) is 4.33. The highest BCUT2D eigenvalue weighted by Crippen LogP contribution is 2.25. The van der Waals surface area contributed by atoms with Crippen LogP contribution >= 0.6 is 0 Å². The molecule has 4 rings (SSSR count). The van der Waals surface area contributed by atoms with Gasteiger partial charge in [-0.3, -0.25) is 19.5 Å². The maximum atomic E-state index is 11.8. The van der Waals surface area contributed by atoms with Crippen LogP contribution in [0.15, 0.2) is 49.1 Å². The molecular weight excluding hydrogens is 302 g/mol. The van der Waals surface area contributed by atoms with Crippen LogP contribution in [0.1, 0.15) is 0 Å². The highest BCUT2D eigenvalue weighted by molar-refractivity contribution is 7.93. The van der Waals surface area contributed by atoms with Crippen molar-refractivity contribution in [2.75, 3.05) is 0 Å². The molecule has 1 aliphatic heterocycles. The zero-order valence-corrected chi connectivity index (χ0v) is 11.9. The quantitative estimate of drug-likeness (QED) is 0.765. The molecule has 0 radical (unpaired) electrons.